The van der Waals surface area contributed by atoms with Crippen molar-refractivity contribution >= 4 is 27.7 Å². The van der Waals surface area contributed by atoms with Crippen molar-refractivity contribution < 1.29 is 9.53 Å². The van der Waals surface area contributed by atoms with Crippen LogP contribution in [0.1, 0.15) is 59.1 Å². The number of likely N-dealkylation sites (tertiary alicyclic amines) is 1. The van der Waals surface area contributed by atoms with E-state index >= 15 is 0 Å². The third kappa shape index (κ3) is 3.91. The van der Waals surface area contributed by atoms with Gasteiger partial charge in [0.05, 0.1) is 28.7 Å². The van der Waals surface area contributed by atoms with Gasteiger partial charge in [0, 0.05) is 49.6 Å². The van der Waals surface area contributed by atoms with Gasteiger partial charge in [0.2, 0.25) is 0 Å². The Morgan fingerprint density at radius 1 is 1.06 bits per heavy atom. The molecule has 0 spiro atoms. The Kier molecular flexibility index (Phi) is 5.60. The minimum atomic E-state index is -0.150. The van der Waals surface area contributed by atoms with E-state index in [2.05, 4.69) is 27.2 Å². The van der Waals surface area contributed by atoms with Crippen LogP contribution in [0.3, 0.4) is 0 Å². The maximum Gasteiger partial charge on any atom is 0.259 e. The summed E-state index contributed by atoms with van der Waals surface area (Å²) in [5.74, 6) is 0.507. The molecule has 4 aromatic rings. The molecule has 3 aromatic heterocycles. The maximum atomic E-state index is 13.6. The summed E-state index contributed by atoms with van der Waals surface area (Å²) in [6.45, 7) is 4.76. The number of hydrogen-bond donors (Lipinski definition) is 1. The molecule has 0 aliphatic carbocycles. The lowest BCUT2D eigenvalue weighted by Crippen LogP contribution is -2.38. The van der Waals surface area contributed by atoms with Gasteiger partial charge < -0.3 is 14.6 Å². The molecule has 1 aromatic carbocycles. The number of hydrogen-bond acceptors (Lipinski definition) is 5. The Bertz CT molecular complexity index is 1440. The molecule has 2 fully saturated rings. The second kappa shape index (κ2) is 8.92. The number of pyridine rings is 2. The predicted molar refractivity (Wildman–Crippen MR) is 134 cm³/mol. The van der Waals surface area contributed by atoms with E-state index in [-0.39, 0.29) is 17.5 Å². The molecule has 0 radical (unpaired) electrons. The van der Waals surface area contributed by atoms with Gasteiger partial charge in [-0.2, -0.15) is 5.10 Å². The second-order valence-corrected chi connectivity index (χ2v) is 9.71. The molecular formula is C27H29N5O3. The molecule has 5 heterocycles. The average Bonchev–Trinajstić information content (AvgIpc) is 3.35. The zero-order valence-corrected chi connectivity index (χ0v) is 19.9. The van der Waals surface area contributed by atoms with Gasteiger partial charge in [-0.1, -0.05) is 0 Å². The smallest absolute Gasteiger partial charge is 0.259 e. The van der Waals surface area contributed by atoms with Gasteiger partial charge in [0.25, 0.3) is 11.5 Å². The zero-order valence-electron chi connectivity index (χ0n) is 19.9. The summed E-state index contributed by atoms with van der Waals surface area (Å²) in [5.41, 5.74) is 4.24. The Morgan fingerprint density at radius 2 is 1.80 bits per heavy atom. The Morgan fingerprint density at radius 3 is 2.54 bits per heavy atom. The van der Waals surface area contributed by atoms with Crippen molar-refractivity contribution in [3.8, 4) is 0 Å². The van der Waals surface area contributed by atoms with E-state index in [0.29, 0.717) is 30.1 Å². The topological polar surface area (TPSA) is 93.1 Å². The second-order valence-electron chi connectivity index (χ2n) is 9.71. The van der Waals surface area contributed by atoms with Crippen LogP contribution in [0.5, 0.6) is 0 Å². The predicted octanol–water partition coefficient (Wildman–Crippen LogP) is 3.95. The highest BCUT2D eigenvalue weighted by molar-refractivity contribution is 6.07. The van der Waals surface area contributed by atoms with Crippen molar-refractivity contribution in [3.05, 3.63) is 69.9 Å². The first-order chi connectivity index (χ1) is 17.1. The maximum absolute atomic E-state index is 13.6. The van der Waals surface area contributed by atoms with E-state index < -0.39 is 0 Å². The summed E-state index contributed by atoms with van der Waals surface area (Å²) in [6.07, 6.45) is 8.91. The summed E-state index contributed by atoms with van der Waals surface area (Å²) in [7, 11) is 0. The van der Waals surface area contributed by atoms with Gasteiger partial charge in [-0.25, -0.2) is 0 Å². The highest BCUT2D eigenvalue weighted by Gasteiger charge is 2.27. The molecule has 8 nitrogen and oxygen atoms in total. The molecule has 35 heavy (non-hydrogen) atoms. The zero-order chi connectivity index (χ0) is 23.9. The molecule has 8 heteroatoms. The van der Waals surface area contributed by atoms with Gasteiger partial charge in [-0.05, 0) is 73.9 Å². The Balaban J connectivity index is 1.35. The number of nitrogens with zero attached hydrogens (tertiary/aromatic N) is 4. The first-order valence-electron chi connectivity index (χ1n) is 12.4. The van der Waals surface area contributed by atoms with Crippen molar-refractivity contribution in [2.24, 2.45) is 0 Å². The number of carbonyl (C=O) groups excluding carboxylic acids is 1. The number of fused-ring (bicyclic) bond motifs is 3. The lowest BCUT2D eigenvalue weighted by atomic mass is 9.89. The first-order valence-corrected chi connectivity index (χ1v) is 12.4. The van der Waals surface area contributed by atoms with Crippen LogP contribution in [0.15, 0.2) is 47.7 Å². The number of amides is 1. The summed E-state index contributed by atoms with van der Waals surface area (Å²) in [4.78, 5) is 35.5. The molecule has 1 amide bonds. The normalized spacial score (nSPS) is 17.9. The highest BCUT2D eigenvalue weighted by atomic mass is 16.5. The third-order valence-electron chi connectivity index (χ3n) is 7.63. The standard InChI is InChI=1S/C27H29N5O3/c1-17-14-24-22(25-23(26(33)30-24)16-29-32(25)20-6-12-35-13-7-20)15-21(17)27(34)31-10-4-19(5-11-31)18-2-8-28-9-3-18/h2-3,8-9,14-16,19-20H,4-7,10-13H2,1H3,(H,30,33). The number of nitrogens with one attached hydrogen (secondary N) is 1. The van der Waals surface area contributed by atoms with Crippen LogP contribution in [-0.4, -0.2) is 56.9 Å². The van der Waals surface area contributed by atoms with Gasteiger partial charge >= 0.3 is 0 Å². The van der Waals surface area contributed by atoms with Crippen LogP contribution in [0, 0.1) is 6.92 Å². The van der Waals surface area contributed by atoms with Gasteiger partial charge in [0.1, 0.15) is 0 Å². The fourth-order valence-corrected chi connectivity index (χ4v) is 5.65. The van der Waals surface area contributed by atoms with E-state index in [9.17, 15) is 9.59 Å². The van der Waals surface area contributed by atoms with Crippen LogP contribution in [0.25, 0.3) is 21.8 Å². The number of ether oxygens (including phenoxy) is 1. The fraction of sp³-hybridized carbons (Fsp3) is 0.407. The molecule has 1 N–H and O–H groups in total. The number of carbonyl (C=O) groups is 1. The minimum absolute atomic E-state index is 0.0501. The molecule has 2 aliphatic rings. The lowest BCUT2D eigenvalue weighted by molar-refractivity contribution is 0.0675. The van der Waals surface area contributed by atoms with Gasteiger partial charge in [0.15, 0.2) is 0 Å². The van der Waals surface area contributed by atoms with Crippen LogP contribution in [0.4, 0.5) is 0 Å². The van der Waals surface area contributed by atoms with Crippen molar-refractivity contribution in [3.63, 3.8) is 0 Å². The number of piperidine rings is 1. The van der Waals surface area contributed by atoms with Crippen LogP contribution in [-0.2, 0) is 4.74 Å². The van der Waals surface area contributed by atoms with Crippen molar-refractivity contribution in [2.75, 3.05) is 26.3 Å². The number of H-pyrrole nitrogens is 1. The molecule has 0 saturated carbocycles. The van der Waals surface area contributed by atoms with Crippen molar-refractivity contribution in [1.82, 2.24) is 24.6 Å². The largest absolute Gasteiger partial charge is 0.381 e. The van der Waals surface area contributed by atoms with E-state index in [1.54, 1.807) is 6.20 Å². The number of benzene rings is 1. The van der Waals surface area contributed by atoms with Crippen molar-refractivity contribution in [2.45, 2.75) is 44.6 Å². The summed E-state index contributed by atoms with van der Waals surface area (Å²) < 4.78 is 7.50. The number of rotatable bonds is 3. The van der Waals surface area contributed by atoms with Crippen molar-refractivity contribution in [1.29, 1.82) is 0 Å². The summed E-state index contributed by atoms with van der Waals surface area (Å²) in [6, 6.07) is 8.21. The molecule has 6 rings (SSSR count). The molecular weight excluding hydrogens is 442 g/mol. The van der Waals surface area contributed by atoms with Gasteiger partial charge in [-0.15, -0.1) is 0 Å². The van der Waals surface area contributed by atoms with E-state index in [1.165, 1.54) is 5.56 Å². The SMILES string of the molecule is Cc1cc2[nH]c(=O)c3cnn(C4CCOCC4)c3c2cc1C(=O)N1CCC(c2ccncc2)CC1. The molecule has 2 saturated heterocycles. The molecule has 0 atom stereocenters. The lowest BCUT2D eigenvalue weighted by Gasteiger charge is -2.32. The molecule has 0 bridgehead atoms. The first kappa shape index (κ1) is 22.0. The molecule has 0 unspecified atom stereocenters. The van der Waals surface area contributed by atoms with E-state index in [0.717, 1.165) is 60.8 Å². The fourth-order valence-electron chi connectivity index (χ4n) is 5.65. The molecule has 180 valence electrons. The van der Waals surface area contributed by atoms with Crippen LogP contribution < -0.4 is 5.56 Å². The van der Waals surface area contributed by atoms with E-state index in [1.807, 2.05) is 41.0 Å². The average molecular weight is 472 g/mol. The molecule has 2 aliphatic heterocycles. The summed E-state index contributed by atoms with van der Waals surface area (Å²) in [5, 5.41) is 6.02. The van der Waals surface area contributed by atoms with Gasteiger partial charge in [-0.3, -0.25) is 19.3 Å². The highest BCUT2D eigenvalue weighted by Crippen LogP contribution is 2.32. The Hall–Kier alpha value is -3.52. The van der Waals surface area contributed by atoms with Crippen LogP contribution >= 0.6 is 0 Å². The minimum Gasteiger partial charge on any atom is -0.381 e. The third-order valence-corrected chi connectivity index (χ3v) is 7.63. The number of aromatic nitrogens is 4. The van der Waals surface area contributed by atoms with E-state index in [4.69, 9.17) is 4.74 Å². The quantitative estimate of drug-likeness (QED) is 0.488. The number of aromatic amines is 1. The number of aryl methyl sites for hydroxylation is 1. The monoisotopic (exact) mass is 471 g/mol. The Labute approximate surface area is 202 Å². The van der Waals surface area contributed by atoms with Crippen LogP contribution in [0.2, 0.25) is 0 Å². The summed E-state index contributed by atoms with van der Waals surface area (Å²) >= 11 is 0.